The van der Waals surface area contributed by atoms with Crippen LogP contribution in [-0.2, 0) is 23.2 Å². The molecule has 116 valence electrons. The lowest BCUT2D eigenvalue weighted by molar-refractivity contribution is -0.154. The van der Waals surface area contributed by atoms with Crippen molar-refractivity contribution in [2.75, 3.05) is 6.54 Å². The summed E-state index contributed by atoms with van der Waals surface area (Å²) in [6.45, 7) is -0.163. The van der Waals surface area contributed by atoms with Gasteiger partial charge in [0.2, 0.25) is 0 Å². The van der Waals surface area contributed by atoms with Crippen LogP contribution >= 0.6 is 0 Å². The van der Waals surface area contributed by atoms with Gasteiger partial charge in [-0.05, 0) is 5.56 Å². The van der Waals surface area contributed by atoms with Crippen molar-refractivity contribution in [2.45, 2.75) is 12.7 Å². The van der Waals surface area contributed by atoms with Crippen LogP contribution in [0, 0.1) is 0 Å². The molecule has 2 rings (SSSR count). The summed E-state index contributed by atoms with van der Waals surface area (Å²) in [5.74, 6) is -1.06. The van der Waals surface area contributed by atoms with Gasteiger partial charge in [-0.3, -0.25) is 4.79 Å². The van der Waals surface area contributed by atoms with Crippen molar-refractivity contribution in [3.63, 3.8) is 0 Å². The molecular formula is C15H17N3O4. The zero-order valence-corrected chi connectivity index (χ0v) is 12.1. The van der Waals surface area contributed by atoms with E-state index in [1.165, 1.54) is 10.8 Å². The largest absolute Gasteiger partial charge is 0.459 e. The minimum Gasteiger partial charge on any atom is -0.459 e. The van der Waals surface area contributed by atoms with Crippen molar-refractivity contribution >= 4 is 11.9 Å². The number of aryl methyl sites for hydroxylation is 1. The fraction of sp³-hybridized carbons (Fsp3) is 0.267. The van der Waals surface area contributed by atoms with E-state index in [-0.39, 0.29) is 19.0 Å². The van der Waals surface area contributed by atoms with Crippen molar-refractivity contribution < 1.29 is 19.4 Å². The second kappa shape index (κ2) is 7.37. The molecule has 0 aliphatic carbocycles. The smallest absolute Gasteiger partial charge is 0.337 e. The van der Waals surface area contributed by atoms with Gasteiger partial charge >= 0.3 is 5.97 Å². The fourth-order valence-corrected chi connectivity index (χ4v) is 1.76. The van der Waals surface area contributed by atoms with E-state index in [0.29, 0.717) is 0 Å². The molecule has 7 heteroatoms. The third-order valence-electron chi connectivity index (χ3n) is 2.98. The fourth-order valence-electron chi connectivity index (χ4n) is 1.76. The van der Waals surface area contributed by atoms with Crippen molar-refractivity contribution in [3.05, 3.63) is 54.1 Å². The van der Waals surface area contributed by atoms with Crippen LogP contribution in [0.5, 0.6) is 0 Å². The Morgan fingerprint density at radius 1 is 1.36 bits per heavy atom. The number of aliphatic hydroxyl groups is 1. The molecule has 1 aromatic carbocycles. The van der Waals surface area contributed by atoms with Crippen molar-refractivity contribution in [2.24, 2.45) is 7.05 Å². The molecule has 1 heterocycles. The number of carbonyl (C=O) groups is 2. The van der Waals surface area contributed by atoms with Crippen LogP contribution < -0.4 is 5.32 Å². The average Bonchev–Trinajstić information content (AvgIpc) is 2.97. The Labute approximate surface area is 127 Å². The number of nitrogens with one attached hydrogen (secondary N) is 1. The van der Waals surface area contributed by atoms with Gasteiger partial charge in [0, 0.05) is 19.4 Å². The standard InChI is InChI=1S/C15H17N3O4/c1-18-8-7-16-13(18)14(20)17-9-12(19)15(21)22-10-11-5-3-2-4-6-11/h2-8,12,19H,9-10H2,1H3,(H,17,20)/t12-/m0/s1. The summed E-state index contributed by atoms with van der Waals surface area (Å²) in [6.07, 6.45) is 1.69. The van der Waals surface area contributed by atoms with E-state index in [4.69, 9.17) is 4.74 Å². The monoisotopic (exact) mass is 303 g/mol. The SMILES string of the molecule is Cn1ccnc1C(=O)NC[C@H](O)C(=O)OCc1ccccc1. The number of rotatable bonds is 6. The molecule has 7 nitrogen and oxygen atoms in total. The number of hydrogen-bond donors (Lipinski definition) is 2. The van der Waals surface area contributed by atoms with Gasteiger partial charge in [-0.2, -0.15) is 0 Å². The molecule has 1 amide bonds. The van der Waals surface area contributed by atoms with Gasteiger partial charge in [0.05, 0.1) is 6.54 Å². The Morgan fingerprint density at radius 3 is 2.73 bits per heavy atom. The molecule has 22 heavy (non-hydrogen) atoms. The highest BCUT2D eigenvalue weighted by Crippen LogP contribution is 2.02. The molecule has 0 aliphatic rings. The number of esters is 1. The van der Waals surface area contributed by atoms with Gasteiger partial charge in [-0.15, -0.1) is 0 Å². The molecule has 0 unspecified atom stereocenters. The lowest BCUT2D eigenvalue weighted by Gasteiger charge is -2.11. The van der Waals surface area contributed by atoms with Crippen LogP contribution in [0.3, 0.4) is 0 Å². The van der Waals surface area contributed by atoms with Gasteiger partial charge in [0.1, 0.15) is 6.61 Å². The first-order valence-electron chi connectivity index (χ1n) is 6.72. The molecule has 2 aromatic rings. The van der Waals surface area contributed by atoms with Gasteiger partial charge < -0.3 is 19.7 Å². The van der Waals surface area contributed by atoms with Crippen molar-refractivity contribution in [1.29, 1.82) is 0 Å². The molecule has 0 radical (unpaired) electrons. The van der Waals surface area contributed by atoms with Crippen LogP contribution in [0.4, 0.5) is 0 Å². The Bertz CT molecular complexity index is 639. The number of amides is 1. The summed E-state index contributed by atoms with van der Waals surface area (Å²) in [7, 11) is 1.67. The molecule has 0 fully saturated rings. The molecule has 1 aromatic heterocycles. The van der Waals surface area contributed by atoms with Crippen LogP contribution in [0.25, 0.3) is 0 Å². The minimum absolute atomic E-state index is 0.0735. The van der Waals surface area contributed by atoms with E-state index < -0.39 is 18.0 Å². The summed E-state index contributed by atoms with van der Waals surface area (Å²) in [5.41, 5.74) is 0.820. The number of benzene rings is 1. The first-order chi connectivity index (χ1) is 10.6. The zero-order chi connectivity index (χ0) is 15.9. The van der Waals surface area contributed by atoms with Gasteiger partial charge in [0.25, 0.3) is 5.91 Å². The Hall–Kier alpha value is -2.67. The Kier molecular flexibility index (Phi) is 5.26. The number of nitrogens with zero attached hydrogens (tertiary/aromatic N) is 2. The highest BCUT2D eigenvalue weighted by molar-refractivity contribution is 5.91. The van der Waals surface area contributed by atoms with E-state index in [9.17, 15) is 14.7 Å². The third kappa shape index (κ3) is 4.16. The summed E-state index contributed by atoms with van der Waals surface area (Å²) in [5, 5.41) is 12.1. The maximum Gasteiger partial charge on any atom is 0.337 e. The van der Waals surface area contributed by atoms with Gasteiger partial charge in [0.15, 0.2) is 11.9 Å². The number of ether oxygens (including phenoxy) is 1. The molecule has 0 bridgehead atoms. The number of hydrogen-bond acceptors (Lipinski definition) is 5. The van der Waals surface area contributed by atoms with E-state index in [1.54, 1.807) is 13.2 Å². The van der Waals surface area contributed by atoms with E-state index in [1.807, 2.05) is 30.3 Å². The number of imidazole rings is 1. The molecule has 0 saturated heterocycles. The molecule has 1 atom stereocenters. The van der Waals surface area contributed by atoms with Gasteiger partial charge in [-0.25, -0.2) is 9.78 Å². The van der Waals surface area contributed by atoms with E-state index in [2.05, 4.69) is 10.3 Å². The van der Waals surface area contributed by atoms with Crippen molar-refractivity contribution in [3.8, 4) is 0 Å². The molecule has 0 saturated carbocycles. The Balaban J connectivity index is 1.77. The van der Waals surface area contributed by atoms with Crippen LogP contribution in [0.15, 0.2) is 42.7 Å². The lowest BCUT2D eigenvalue weighted by Crippen LogP contribution is -2.38. The maximum absolute atomic E-state index is 11.8. The molecular weight excluding hydrogens is 286 g/mol. The first kappa shape index (κ1) is 15.7. The highest BCUT2D eigenvalue weighted by Gasteiger charge is 2.19. The Morgan fingerprint density at radius 2 is 2.09 bits per heavy atom. The zero-order valence-electron chi connectivity index (χ0n) is 12.1. The summed E-state index contributed by atoms with van der Waals surface area (Å²) in [4.78, 5) is 27.3. The number of aromatic nitrogens is 2. The second-order valence-corrected chi connectivity index (χ2v) is 4.68. The number of aliphatic hydroxyl groups excluding tert-OH is 1. The van der Waals surface area contributed by atoms with Crippen molar-refractivity contribution in [1.82, 2.24) is 14.9 Å². The average molecular weight is 303 g/mol. The van der Waals surface area contributed by atoms with Gasteiger partial charge in [-0.1, -0.05) is 30.3 Å². The van der Waals surface area contributed by atoms with E-state index in [0.717, 1.165) is 5.56 Å². The first-order valence-corrected chi connectivity index (χ1v) is 6.72. The maximum atomic E-state index is 11.8. The predicted octanol–water partition coefficient (Wildman–Crippen LogP) is 0.254. The number of carbonyl (C=O) groups excluding carboxylic acids is 2. The molecule has 0 aliphatic heterocycles. The lowest BCUT2D eigenvalue weighted by atomic mass is 10.2. The summed E-state index contributed by atoms with van der Waals surface area (Å²) >= 11 is 0. The summed E-state index contributed by atoms with van der Waals surface area (Å²) in [6, 6.07) is 9.12. The van der Waals surface area contributed by atoms with Crippen LogP contribution in [0.1, 0.15) is 16.2 Å². The third-order valence-corrected chi connectivity index (χ3v) is 2.98. The van der Waals surface area contributed by atoms with Crippen LogP contribution in [0.2, 0.25) is 0 Å². The minimum atomic E-state index is -1.42. The second-order valence-electron chi connectivity index (χ2n) is 4.68. The van der Waals surface area contributed by atoms with Crippen LogP contribution in [-0.4, -0.2) is 39.2 Å². The quantitative estimate of drug-likeness (QED) is 0.746. The topological polar surface area (TPSA) is 93.5 Å². The normalized spacial score (nSPS) is 11.7. The summed E-state index contributed by atoms with van der Waals surface area (Å²) < 4.78 is 6.51. The predicted molar refractivity (Wildman–Crippen MR) is 77.8 cm³/mol. The molecule has 2 N–H and O–H groups in total. The van der Waals surface area contributed by atoms with E-state index >= 15 is 0 Å². The highest BCUT2D eigenvalue weighted by atomic mass is 16.5. The molecule has 0 spiro atoms.